The highest BCUT2D eigenvalue weighted by molar-refractivity contribution is 5.68. The van der Waals surface area contributed by atoms with E-state index in [1.807, 2.05) is 33.8 Å². The van der Waals surface area contributed by atoms with Crippen LogP contribution in [0, 0.1) is 11.3 Å². The largest absolute Gasteiger partial charge is 0.473 e. The molecule has 1 saturated heterocycles. The van der Waals surface area contributed by atoms with Gasteiger partial charge in [0, 0.05) is 25.4 Å². The second-order valence-electron chi connectivity index (χ2n) is 6.64. The second kappa shape index (κ2) is 6.82. The highest BCUT2D eigenvalue weighted by Crippen LogP contribution is 2.23. The van der Waals surface area contributed by atoms with Crippen LogP contribution in [0.25, 0.3) is 0 Å². The molecular formula is C16H22N4O3. The Morgan fingerprint density at radius 3 is 2.65 bits per heavy atom. The summed E-state index contributed by atoms with van der Waals surface area (Å²) in [5, 5.41) is 8.70. The molecule has 7 nitrogen and oxygen atoms in total. The zero-order chi connectivity index (χ0) is 17.0. The lowest BCUT2D eigenvalue weighted by Gasteiger charge is -2.38. The lowest BCUT2D eigenvalue weighted by Crippen LogP contribution is -2.49. The molecule has 1 fully saturated rings. The number of rotatable bonds is 2. The van der Waals surface area contributed by atoms with E-state index in [2.05, 4.69) is 9.97 Å². The Bertz CT molecular complexity index is 589. The van der Waals surface area contributed by atoms with Gasteiger partial charge in [-0.2, -0.15) is 5.26 Å². The van der Waals surface area contributed by atoms with Crippen LogP contribution >= 0.6 is 0 Å². The van der Waals surface area contributed by atoms with Crippen LogP contribution < -0.4 is 4.74 Å². The third-order valence-electron chi connectivity index (χ3n) is 3.49. The number of likely N-dealkylation sites (tertiary alicyclic amines) is 1. The van der Waals surface area contributed by atoms with Crippen LogP contribution in [-0.2, 0) is 4.74 Å². The number of nitrogens with zero attached hydrogens (tertiary/aromatic N) is 4. The van der Waals surface area contributed by atoms with Crippen molar-refractivity contribution in [2.45, 2.75) is 58.3 Å². The number of carbonyl (C=O) groups excluding carboxylic acids is 1. The summed E-state index contributed by atoms with van der Waals surface area (Å²) >= 11 is 0. The molecule has 0 spiro atoms. The van der Waals surface area contributed by atoms with Gasteiger partial charge in [-0.15, -0.1) is 0 Å². The fourth-order valence-electron chi connectivity index (χ4n) is 2.43. The topological polar surface area (TPSA) is 88.3 Å². The van der Waals surface area contributed by atoms with E-state index in [0.29, 0.717) is 25.3 Å². The number of hydrogen-bond acceptors (Lipinski definition) is 6. The zero-order valence-electron chi connectivity index (χ0n) is 13.9. The molecule has 2 heterocycles. The van der Waals surface area contributed by atoms with Crippen LogP contribution in [0.5, 0.6) is 5.88 Å². The van der Waals surface area contributed by atoms with Gasteiger partial charge < -0.3 is 14.4 Å². The van der Waals surface area contributed by atoms with Gasteiger partial charge in [0.25, 0.3) is 0 Å². The molecule has 0 unspecified atom stereocenters. The lowest BCUT2D eigenvalue weighted by molar-refractivity contribution is -0.00155. The van der Waals surface area contributed by atoms with Crippen LogP contribution in [0.4, 0.5) is 4.79 Å². The molecule has 124 valence electrons. The van der Waals surface area contributed by atoms with Crippen molar-refractivity contribution in [2.75, 3.05) is 6.54 Å². The third-order valence-corrected chi connectivity index (χ3v) is 3.49. The predicted molar refractivity (Wildman–Crippen MR) is 82.8 cm³/mol. The summed E-state index contributed by atoms with van der Waals surface area (Å²) < 4.78 is 11.2. The van der Waals surface area contributed by atoms with Crippen molar-refractivity contribution < 1.29 is 14.3 Å². The molecule has 0 N–H and O–H groups in total. The van der Waals surface area contributed by atoms with Gasteiger partial charge in [0.15, 0.2) is 5.69 Å². The number of ether oxygens (including phenoxy) is 2. The van der Waals surface area contributed by atoms with E-state index >= 15 is 0 Å². The number of hydrogen-bond donors (Lipinski definition) is 0. The van der Waals surface area contributed by atoms with Crippen molar-refractivity contribution in [3.05, 3.63) is 18.1 Å². The molecule has 0 aliphatic carbocycles. The monoisotopic (exact) mass is 318 g/mol. The van der Waals surface area contributed by atoms with Crippen molar-refractivity contribution in [3.8, 4) is 11.9 Å². The van der Waals surface area contributed by atoms with E-state index in [4.69, 9.17) is 14.7 Å². The first-order valence-corrected chi connectivity index (χ1v) is 7.67. The number of nitriles is 1. The van der Waals surface area contributed by atoms with Crippen molar-refractivity contribution in [3.63, 3.8) is 0 Å². The van der Waals surface area contributed by atoms with E-state index in [1.165, 1.54) is 12.4 Å². The Morgan fingerprint density at radius 2 is 2.13 bits per heavy atom. The van der Waals surface area contributed by atoms with E-state index in [0.717, 1.165) is 0 Å². The van der Waals surface area contributed by atoms with Crippen molar-refractivity contribution in [1.29, 1.82) is 5.26 Å². The molecule has 0 radical (unpaired) electrons. The quantitative estimate of drug-likeness (QED) is 0.832. The first-order chi connectivity index (χ1) is 10.8. The van der Waals surface area contributed by atoms with Crippen LogP contribution in [0.15, 0.2) is 12.4 Å². The van der Waals surface area contributed by atoms with E-state index in [-0.39, 0.29) is 23.9 Å². The molecular weight excluding hydrogens is 296 g/mol. The standard InChI is InChI=1S/C16H22N4O3/c1-11-7-13(22-14-10-18-12(8-17)9-19-14)5-6-20(11)15(21)23-16(2,3)4/h9-11,13H,5-7H2,1-4H3/t11-,13-/m0/s1. The maximum absolute atomic E-state index is 12.2. The summed E-state index contributed by atoms with van der Waals surface area (Å²) in [6.45, 7) is 8.12. The number of carbonyl (C=O) groups is 1. The summed E-state index contributed by atoms with van der Waals surface area (Å²) in [6, 6.07) is 1.94. The van der Waals surface area contributed by atoms with Crippen LogP contribution in [0.3, 0.4) is 0 Å². The van der Waals surface area contributed by atoms with E-state index < -0.39 is 5.60 Å². The van der Waals surface area contributed by atoms with Crippen molar-refractivity contribution in [2.24, 2.45) is 0 Å². The predicted octanol–water partition coefficient (Wildman–Crippen LogP) is 2.52. The maximum Gasteiger partial charge on any atom is 0.410 e. The smallest absolute Gasteiger partial charge is 0.410 e. The minimum Gasteiger partial charge on any atom is -0.473 e. The Labute approximate surface area is 136 Å². The molecule has 1 aromatic heterocycles. The average molecular weight is 318 g/mol. The van der Waals surface area contributed by atoms with Gasteiger partial charge in [-0.25, -0.2) is 14.8 Å². The number of aromatic nitrogens is 2. The normalized spacial score (nSPS) is 21.4. The fraction of sp³-hybridized carbons (Fsp3) is 0.625. The molecule has 23 heavy (non-hydrogen) atoms. The molecule has 1 aliphatic heterocycles. The first kappa shape index (κ1) is 17.0. The number of amides is 1. The Balaban J connectivity index is 1.90. The van der Waals surface area contributed by atoms with Crippen molar-refractivity contribution in [1.82, 2.24) is 14.9 Å². The molecule has 1 aliphatic rings. The maximum atomic E-state index is 12.2. The summed E-state index contributed by atoms with van der Waals surface area (Å²) in [6.07, 6.45) is 3.90. The molecule has 0 aromatic carbocycles. The summed E-state index contributed by atoms with van der Waals surface area (Å²) in [5.41, 5.74) is -0.243. The van der Waals surface area contributed by atoms with Gasteiger partial charge in [-0.05, 0) is 27.7 Å². The Morgan fingerprint density at radius 1 is 1.39 bits per heavy atom. The SMILES string of the molecule is C[C@H]1C[C@@H](Oc2cnc(C#N)cn2)CCN1C(=O)OC(C)(C)C. The van der Waals surface area contributed by atoms with Gasteiger partial charge in [0.1, 0.15) is 17.8 Å². The molecule has 7 heteroatoms. The summed E-state index contributed by atoms with van der Waals surface area (Å²) in [4.78, 5) is 21.9. The van der Waals surface area contributed by atoms with Crippen molar-refractivity contribution >= 4 is 6.09 Å². The third kappa shape index (κ3) is 4.81. The number of piperidine rings is 1. The minimum atomic E-state index is -0.498. The molecule has 2 rings (SSSR count). The Kier molecular flexibility index (Phi) is 5.04. The molecule has 0 bridgehead atoms. The van der Waals surface area contributed by atoms with Gasteiger partial charge in [0.2, 0.25) is 5.88 Å². The van der Waals surface area contributed by atoms with Gasteiger partial charge >= 0.3 is 6.09 Å². The summed E-state index contributed by atoms with van der Waals surface area (Å²) in [5.74, 6) is 0.395. The van der Waals surface area contributed by atoms with Gasteiger partial charge in [-0.1, -0.05) is 0 Å². The van der Waals surface area contributed by atoms with Gasteiger partial charge in [-0.3, -0.25) is 0 Å². The Hall–Kier alpha value is -2.36. The van der Waals surface area contributed by atoms with Crippen LogP contribution in [0.1, 0.15) is 46.2 Å². The molecule has 1 aromatic rings. The highest BCUT2D eigenvalue weighted by Gasteiger charge is 2.32. The van der Waals surface area contributed by atoms with Crippen LogP contribution in [0.2, 0.25) is 0 Å². The lowest BCUT2D eigenvalue weighted by atomic mass is 10.0. The second-order valence-corrected chi connectivity index (χ2v) is 6.64. The average Bonchev–Trinajstić information content (AvgIpc) is 2.46. The summed E-state index contributed by atoms with van der Waals surface area (Å²) in [7, 11) is 0. The molecule has 0 saturated carbocycles. The van der Waals surface area contributed by atoms with E-state index in [1.54, 1.807) is 4.90 Å². The molecule has 2 atom stereocenters. The van der Waals surface area contributed by atoms with Gasteiger partial charge in [0.05, 0.1) is 12.4 Å². The highest BCUT2D eigenvalue weighted by atomic mass is 16.6. The first-order valence-electron chi connectivity index (χ1n) is 7.67. The zero-order valence-corrected chi connectivity index (χ0v) is 13.9. The van der Waals surface area contributed by atoms with Crippen LogP contribution in [-0.4, -0.2) is 45.3 Å². The molecule has 1 amide bonds. The van der Waals surface area contributed by atoms with E-state index in [9.17, 15) is 4.79 Å². The fourth-order valence-corrected chi connectivity index (χ4v) is 2.43. The minimum absolute atomic E-state index is 0.0231.